The van der Waals surface area contributed by atoms with E-state index in [-0.39, 0.29) is 16.0 Å². The molecule has 1 N–H and O–H groups in total. The number of halogens is 4. The Kier molecular flexibility index (Phi) is 6.55. The third kappa shape index (κ3) is 5.31. The van der Waals surface area contributed by atoms with Crippen LogP contribution in [0.25, 0.3) is 11.0 Å². The molecule has 0 spiro atoms. The van der Waals surface area contributed by atoms with Gasteiger partial charge in [0.15, 0.2) is 4.96 Å². The molecule has 0 fully saturated rings. The minimum absolute atomic E-state index is 0.0673. The lowest BCUT2D eigenvalue weighted by atomic mass is 10.3. The maximum absolute atomic E-state index is 12.6. The van der Waals surface area contributed by atoms with Gasteiger partial charge in [-0.1, -0.05) is 11.6 Å². The van der Waals surface area contributed by atoms with E-state index in [2.05, 4.69) is 15.3 Å². The number of nitrogens with one attached hydrogen (secondary N) is 1. The molecule has 1 amide bonds. The molecule has 29 heavy (non-hydrogen) atoms. The number of thioether (sulfide) groups is 1. The van der Waals surface area contributed by atoms with Gasteiger partial charge >= 0.3 is 6.18 Å². The quantitative estimate of drug-likeness (QED) is 0.319. The van der Waals surface area contributed by atoms with E-state index >= 15 is 0 Å². The summed E-state index contributed by atoms with van der Waals surface area (Å²) in [5.41, 5.74) is 0.781. The molecular formula is C18H16ClF3N4OS2. The van der Waals surface area contributed by atoms with E-state index in [1.807, 2.05) is 24.4 Å². The topological polar surface area (TPSA) is 59.3 Å². The third-order valence-electron chi connectivity index (χ3n) is 3.83. The lowest BCUT2D eigenvalue weighted by Gasteiger charge is -2.09. The van der Waals surface area contributed by atoms with Gasteiger partial charge in [0.05, 0.1) is 22.0 Å². The van der Waals surface area contributed by atoms with Crippen molar-refractivity contribution in [3.63, 3.8) is 0 Å². The summed E-state index contributed by atoms with van der Waals surface area (Å²) in [7, 11) is 0. The van der Waals surface area contributed by atoms with Crippen molar-refractivity contribution in [3.8, 4) is 0 Å². The Morgan fingerprint density at radius 2 is 2.17 bits per heavy atom. The molecule has 0 aliphatic carbocycles. The number of nitrogens with zero attached hydrogens (tertiary/aromatic N) is 3. The van der Waals surface area contributed by atoms with E-state index < -0.39 is 11.7 Å². The first kappa shape index (κ1) is 21.7. The first-order chi connectivity index (χ1) is 13.6. The number of pyridine rings is 1. The van der Waals surface area contributed by atoms with Crippen molar-refractivity contribution in [2.75, 3.05) is 12.3 Å². The maximum atomic E-state index is 12.6. The molecular weight excluding hydrogens is 445 g/mol. The van der Waals surface area contributed by atoms with Crippen LogP contribution in [0.4, 0.5) is 13.2 Å². The summed E-state index contributed by atoms with van der Waals surface area (Å²) in [6, 6.07) is 0.846. The van der Waals surface area contributed by atoms with E-state index in [0.29, 0.717) is 12.3 Å². The maximum Gasteiger partial charge on any atom is 0.417 e. The van der Waals surface area contributed by atoms with Crippen LogP contribution in [-0.2, 0) is 11.0 Å². The number of aromatic nitrogens is 3. The number of aryl methyl sites for hydroxylation is 2. The molecule has 3 aromatic rings. The van der Waals surface area contributed by atoms with Crippen LogP contribution >= 0.6 is 34.7 Å². The SMILES string of the molecule is Cc1cn2c(/C=C/C(=O)NCCSc3ncc(C(F)(F)F)cc3Cl)c(C)nc2s1. The number of alkyl halides is 3. The van der Waals surface area contributed by atoms with Crippen LogP contribution in [0, 0.1) is 13.8 Å². The van der Waals surface area contributed by atoms with Gasteiger partial charge in [0.25, 0.3) is 0 Å². The second-order valence-electron chi connectivity index (χ2n) is 6.06. The molecule has 0 saturated heterocycles. The van der Waals surface area contributed by atoms with Gasteiger partial charge in [-0.05, 0) is 26.0 Å². The Balaban J connectivity index is 1.51. The van der Waals surface area contributed by atoms with Crippen molar-refractivity contribution in [1.82, 2.24) is 19.7 Å². The Morgan fingerprint density at radius 1 is 1.41 bits per heavy atom. The summed E-state index contributed by atoms with van der Waals surface area (Å²) >= 11 is 8.60. The van der Waals surface area contributed by atoms with Crippen molar-refractivity contribution >= 4 is 51.6 Å². The lowest BCUT2D eigenvalue weighted by molar-refractivity contribution is -0.137. The number of imidazole rings is 1. The van der Waals surface area contributed by atoms with E-state index in [9.17, 15) is 18.0 Å². The summed E-state index contributed by atoms with van der Waals surface area (Å²) in [6.45, 7) is 4.18. The normalized spacial score (nSPS) is 12.2. The summed E-state index contributed by atoms with van der Waals surface area (Å²) in [5, 5.41) is 2.94. The fraction of sp³-hybridized carbons (Fsp3) is 0.278. The second kappa shape index (κ2) is 8.76. The highest BCUT2D eigenvalue weighted by Crippen LogP contribution is 2.33. The Labute approximate surface area is 178 Å². The molecule has 0 aromatic carbocycles. The Morgan fingerprint density at radius 3 is 2.86 bits per heavy atom. The molecule has 154 valence electrons. The van der Waals surface area contributed by atoms with E-state index in [4.69, 9.17) is 11.6 Å². The monoisotopic (exact) mass is 460 g/mol. The highest BCUT2D eigenvalue weighted by atomic mass is 35.5. The van der Waals surface area contributed by atoms with Crippen LogP contribution in [0.1, 0.15) is 21.8 Å². The van der Waals surface area contributed by atoms with Gasteiger partial charge < -0.3 is 5.32 Å². The molecule has 3 aromatic heterocycles. The van der Waals surface area contributed by atoms with Gasteiger partial charge in [0.1, 0.15) is 5.03 Å². The first-order valence-corrected chi connectivity index (χ1v) is 10.6. The predicted octanol–water partition coefficient (Wildman–Crippen LogP) is 5.00. The van der Waals surface area contributed by atoms with Crippen LogP contribution in [0.2, 0.25) is 5.02 Å². The molecule has 0 unspecified atom stereocenters. The van der Waals surface area contributed by atoms with Crippen LogP contribution in [0.15, 0.2) is 29.6 Å². The highest BCUT2D eigenvalue weighted by molar-refractivity contribution is 7.99. The molecule has 3 heterocycles. The molecule has 0 aliphatic heterocycles. The zero-order chi connectivity index (χ0) is 21.2. The predicted molar refractivity (Wildman–Crippen MR) is 110 cm³/mol. The summed E-state index contributed by atoms with van der Waals surface area (Å²) in [5.74, 6) is 0.135. The number of hydrogen-bond donors (Lipinski definition) is 1. The third-order valence-corrected chi connectivity index (χ3v) is 6.14. The van der Waals surface area contributed by atoms with Gasteiger partial charge in [-0.2, -0.15) is 13.2 Å². The number of thiazole rings is 1. The van der Waals surface area contributed by atoms with Crippen LogP contribution in [-0.4, -0.2) is 32.6 Å². The van der Waals surface area contributed by atoms with E-state index in [1.54, 1.807) is 17.4 Å². The first-order valence-electron chi connectivity index (χ1n) is 8.41. The summed E-state index contributed by atoms with van der Waals surface area (Å²) < 4.78 is 39.8. The van der Waals surface area contributed by atoms with Crippen molar-refractivity contribution in [3.05, 3.63) is 51.4 Å². The standard InChI is InChI=1S/C18H16ClF3N4OS2/c1-10-9-26-14(11(2)25-17(26)29-10)3-4-15(27)23-5-6-28-16-13(19)7-12(8-24-16)18(20,21)22/h3-4,7-9H,5-6H2,1-2H3,(H,23,27)/b4-3+. The number of rotatable bonds is 6. The molecule has 0 radical (unpaired) electrons. The smallest absolute Gasteiger partial charge is 0.352 e. The average molecular weight is 461 g/mol. The van der Waals surface area contributed by atoms with Crippen LogP contribution in [0.3, 0.4) is 0 Å². The van der Waals surface area contributed by atoms with Crippen molar-refractivity contribution in [2.24, 2.45) is 0 Å². The van der Waals surface area contributed by atoms with Gasteiger partial charge in [-0.25, -0.2) is 9.97 Å². The number of carbonyl (C=O) groups is 1. The van der Waals surface area contributed by atoms with Gasteiger partial charge in [0, 0.05) is 35.6 Å². The zero-order valence-electron chi connectivity index (χ0n) is 15.4. The average Bonchev–Trinajstić information content (AvgIpc) is 3.11. The molecule has 5 nitrogen and oxygen atoms in total. The lowest BCUT2D eigenvalue weighted by Crippen LogP contribution is -2.23. The van der Waals surface area contributed by atoms with Crippen LogP contribution < -0.4 is 5.32 Å². The number of amides is 1. The molecule has 0 aliphatic rings. The number of fused-ring (bicyclic) bond motifs is 1. The molecule has 11 heteroatoms. The summed E-state index contributed by atoms with van der Waals surface area (Å²) in [4.78, 5) is 22.2. The Bertz CT molecular complexity index is 1080. The number of hydrogen-bond acceptors (Lipinski definition) is 5. The molecule has 0 saturated carbocycles. The van der Waals surface area contributed by atoms with Gasteiger partial charge in [-0.15, -0.1) is 23.1 Å². The van der Waals surface area contributed by atoms with Gasteiger partial charge in [-0.3, -0.25) is 9.20 Å². The van der Waals surface area contributed by atoms with E-state index in [1.165, 1.54) is 17.8 Å². The minimum atomic E-state index is -4.48. The van der Waals surface area contributed by atoms with Crippen LogP contribution in [0.5, 0.6) is 0 Å². The minimum Gasteiger partial charge on any atom is -0.352 e. The van der Waals surface area contributed by atoms with E-state index in [0.717, 1.165) is 33.5 Å². The molecule has 0 bridgehead atoms. The van der Waals surface area contributed by atoms with Crippen molar-refractivity contribution in [2.45, 2.75) is 25.0 Å². The molecule has 0 atom stereocenters. The zero-order valence-corrected chi connectivity index (χ0v) is 17.8. The van der Waals surface area contributed by atoms with Gasteiger partial charge in [0.2, 0.25) is 5.91 Å². The highest BCUT2D eigenvalue weighted by Gasteiger charge is 2.31. The molecule has 3 rings (SSSR count). The largest absolute Gasteiger partial charge is 0.417 e. The second-order valence-corrected chi connectivity index (χ2v) is 8.76. The number of carbonyl (C=O) groups excluding carboxylic acids is 1. The van der Waals surface area contributed by atoms with Crippen molar-refractivity contribution < 1.29 is 18.0 Å². The van der Waals surface area contributed by atoms with Crippen molar-refractivity contribution in [1.29, 1.82) is 0 Å². The fourth-order valence-corrected chi connectivity index (χ4v) is 4.43. The summed E-state index contributed by atoms with van der Waals surface area (Å²) in [6.07, 6.45) is 1.36. The Hall–Kier alpha value is -2.04. The fourth-order valence-electron chi connectivity index (χ4n) is 2.50.